The van der Waals surface area contributed by atoms with Crippen LogP contribution in [0.3, 0.4) is 0 Å². The molecule has 0 heterocycles. The number of amides is 2. The van der Waals surface area contributed by atoms with E-state index in [1.807, 2.05) is 0 Å². The number of carbonyl (C=O) groups excluding carboxylic acids is 7. The number of rotatable bonds is 45. The Balaban J connectivity index is 2.79. The summed E-state index contributed by atoms with van der Waals surface area (Å²) in [6.45, 7) is 16.0. The molecule has 1 aromatic carbocycles. The maximum absolute atomic E-state index is 13.4. The normalized spacial score (nSPS) is 12.8. The second-order valence-electron chi connectivity index (χ2n) is 22.5. The third kappa shape index (κ3) is 40.1. The highest BCUT2D eigenvalue weighted by atomic mass is 32.2. The number of benzene rings is 1. The maximum atomic E-state index is 13.4. The Morgan fingerprint density at radius 2 is 0.974 bits per heavy atom. The monoisotopic (exact) mass is 1090 g/mol. The van der Waals surface area contributed by atoms with Crippen LogP contribution >= 0.6 is 11.8 Å². The van der Waals surface area contributed by atoms with Crippen LogP contribution < -0.4 is 10.6 Å². The van der Waals surface area contributed by atoms with E-state index >= 15 is 0 Å². The summed E-state index contributed by atoms with van der Waals surface area (Å²) in [5, 5.41) is 5.48. The summed E-state index contributed by atoms with van der Waals surface area (Å²) in [7, 11) is 0. The van der Waals surface area contributed by atoms with Crippen molar-refractivity contribution >= 4 is 53.4 Å². The molecule has 0 fully saturated rings. The quantitative estimate of drug-likeness (QED) is 0.0357. The second kappa shape index (κ2) is 42.8. The zero-order chi connectivity index (χ0) is 56.5. The van der Waals surface area contributed by atoms with Gasteiger partial charge in [-0.05, 0) is 78.5 Å². The minimum Gasteiger partial charge on any atom is -0.462 e. The average Bonchev–Trinajstić information content (AvgIpc) is 3.35. The van der Waals surface area contributed by atoms with Crippen LogP contribution in [-0.4, -0.2) is 89.2 Å². The fraction of sp³-hybridized carbons (Fsp3) is 0.787. The molecule has 0 aromatic heterocycles. The SMILES string of the molecule is CCCCCCCCCCCCCCCC(=O)OCC(CSCC(OC(C)=O)C(=O)NCc1ccc(C(=O)N[C@@H](CCC(=O)OC(C)(C)C)C(=O)OC(C)(C)C)cc1)OC(=O)CCCCCCCCCCCCCCC. The van der Waals surface area contributed by atoms with Gasteiger partial charge in [0, 0.05) is 49.8 Å². The Bertz CT molecular complexity index is 1760. The molecule has 0 radical (unpaired) electrons. The van der Waals surface area contributed by atoms with E-state index in [1.165, 1.54) is 141 Å². The lowest BCUT2D eigenvalue weighted by Gasteiger charge is -2.25. The molecule has 2 amide bonds. The summed E-state index contributed by atoms with van der Waals surface area (Å²) in [6.07, 6.45) is 29.8. The summed E-state index contributed by atoms with van der Waals surface area (Å²) in [5.74, 6) is -3.38. The lowest BCUT2D eigenvalue weighted by atomic mass is 10.0. The highest BCUT2D eigenvalue weighted by molar-refractivity contribution is 7.99. The third-order valence-electron chi connectivity index (χ3n) is 12.6. The van der Waals surface area contributed by atoms with Crippen molar-refractivity contribution in [1.82, 2.24) is 10.6 Å². The molecule has 2 N–H and O–H groups in total. The van der Waals surface area contributed by atoms with E-state index in [2.05, 4.69) is 24.5 Å². The van der Waals surface area contributed by atoms with Crippen molar-refractivity contribution in [2.75, 3.05) is 18.1 Å². The Kier molecular flexibility index (Phi) is 39.4. The minimum atomic E-state index is -1.17. The molecular formula is C61H104N2O12S. The molecule has 0 spiro atoms. The first-order valence-electron chi connectivity index (χ1n) is 29.4. The van der Waals surface area contributed by atoms with Gasteiger partial charge in [0.15, 0.2) is 6.10 Å². The van der Waals surface area contributed by atoms with Gasteiger partial charge < -0.3 is 34.3 Å². The maximum Gasteiger partial charge on any atom is 0.329 e. The number of hydrogen-bond acceptors (Lipinski definition) is 13. The van der Waals surface area contributed by atoms with Crippen molar-refractivity contribution in [2.45, 2.75) is 291 Å². The fourth-order valence-corrected chi connectivity index (χ4v) is 9.46. The number of esters is 5. The van der Waals surface area contributed by atoms with E-state index < -0.39 is 59.2 Å². The van der Waals surface area contributed by atoms with Gasteiger partial charge in [-0.25, -0.2) is 4.79 Å². The predicted octanol–water partition coefficient (Wildman–Crippen LogP) is 13.9. The predicted molar refractivity (Wildman–Crippen MR) is 305 cm³/mol. The molecule has 0 bridgehead atoms. The van der Waals surface area contributed by atoms with Gasteiger partial charge in [-0.2, -0.15) is 11.8 Å². The van der Waals surface area contributed by atoms with Gasteiger partial charge in [0.2, 0.25) is 0 Å². The Morgan fingerprint density at radius 3 is 1.42 bits per heavy atom. The molecule has 3 atom stereocenters. The van der Waals surface area contributed by atoms with Crippen molar-refractivity contribution in [2.24, 2.45) is 0 Å². The Hall–Kier alpha value is -4.14. The van der Waals surface area contributed by atoms with Gasteiger partial charge in [-0.3, -0.25) is 28.8 Å². The first-order chi connectivity index (χ1) is 36.2. The molecule has 0 saturated carbocycles. The summed E-state index contributed by atoms with van der Waals surface area (Å²) in [6, 6.07) is 5.26. The van der Waals surface area contributed by atoms with Crippen molar-refractivity contribution < 1.29 is 57.2 Å². The van der Waals surface area contributed by atoms with Crippen molar-refractivity contribution in [3.8, 4) is 0 Å². The smallest absolute Gasteiger partial charge is 0.329 e. The van der Waals surface area contributed by atoms with Crippen LogP contribution in [0.1, 0.15) is 271 Å². The lowest BCUT2D eigenvalue weighted by Crippen LogP contribution is -2.44. The zero-order valence-corrected chi connectivity index (χ0v) is 49.7. The van der Waals surface area contributed by atoms with Gasteiger partial charge in [0.25, 0.3) is 11.8 Å². The van der Waals surface area contributed by atoms with Crippen LogP contribution in [0.15, 0.2) is 24.3 Å². The first kappa shape index (κ1) is 69.9. The number of thioether (sulfide) groups is 1. The summed E-state index contributed by atoms with van der Waals surface area (Å²) in [5.41, 5.74) is -0.654. The number of unbranched alkanes of at least 4 members (excludes halogenated alkanes) is 24. The van der Waals surface area contributed by atoms with Crippen molar-refractivity contribution in [3.05, 3.63) is 35.4 Å². The van der Waals surface area contributed by atoms with Gasteiger partial charge in [0.05, 0.1) is 0 Å². The molecule has 15 heteroatoms. The number of ether oxygens (including phenoxy) is 5. The molecule has 1 aromatic rings. The van der Waals surface area contributed by atoms with E-state index in [1.54, 1.807) is 65.8 Å². The highest BCUT2D eigenvalue weighted by Crippen LogP contribution is 2.19. The number of carbonyl (C=O) groups is 7. The van der Waals surface area contributed by atoms with Crippen LogP contribution in [-0.2, 0) is 59.0 Å². The van der Waals surface area contributed by atoms with Crippen LogP contribution in [0.25, 0.3) is 0 Å². The van der Waals surface area contributed by atoms with Gasteiger partial charge in [-0.1, -0.05) is 180 Å². The molecule has 0 aliphatic heterocycles. The zero-order valence-electron chi connectivity index (χ0n) is 48.9. The van der Waals surface area contributed by atoms with E-state index in [0.29, 0.717) is 18.4 Å². The van der Waals surface area contributed by atoms with Gasteiger partial charge in [-0.15, -0.1) is 0 Å². The summed E-state index contributed by atoms with van der Waals surface area (Å²) in [4.78, 5) is 90.3. The highest BCUT2D eigenvalue weighted by Gasteiger charge is 2.29. The van der Waals surface area contributed by atoms with E-state index in [0.717, 1.165) is 38.5 Å². The van der Waals surface area contributed by atoms with Crippen molar-refractivity contribution in [3.63, 3.8) is 0 Å². The molecule has 1 rings (SSSR count). The summed E-state index contributed by atoms with van der Waals surface area (Å²) >= 11 is 1.25. The molecule has 0 aliphatic rings. The number of nitrogens with one attached hydrogen (secondary N) is 2. The molecule has 76 heavy (non-hydrogen) atoms. The summed E-state index contributed by atoms with van der Waals surface area (Å²) < 4.78 is 27.8. The van der Waals surface area contributed by atoms with Crippen LogP contribution in [0, 0.1) is 0 Å². The third-order valence-corrected chi connectivity index (χ3v) is 13.8. The fourth-order valence-electron chi connectivity index (χ4n) is 8.46. The van der Waals surface area contributed by atoms with Gasteiger partial charge >= 0.3 is 29.8 Å². The Labute approximate surface area is 463 Å². The van der Waals surface area contributed by atoms with Gasteiger partial charge in [0.1, 0.15) is 30.0 Å². The molecule has 14 nitrogen and oxygen atoms in total. The van der Waals surface area contributed by atoms with Crippen LogP contribution in [0.5, 0.6) is 0 Å². The van der Waals surface area contributed by atoms with E-state index in [9.17, 15) is 33.6 Å². The standard InChI is InChI=1S/C61H104N2O12S/c1-10-12-14-16-18-20-22-24-26-28-30-32-34-36-54(65)71-45-51(73-55(66)37-35-33-31-29-27-25-23-21-19-17-15-13-11-2)46-76-47-53(72-48(3)64)58(69)62-44-49-38-40-50(41-39-49)57(68)63-52(59(70)75-61(7,8)9)42-43-56(67)74-60(4,5)6/h38-41,51-53H,10-37,42-47H2,1-9H3,(H,62,69)(H,63,68)/t51?,52-,53?/m0/s1. The first-order valence-corrected chi connectivity index (χ1v) is 30.6. The second-order valence-corrected chi connectivity index (χ2v) is 23.6. The molecule has 0 aliphatic carbocycles. The van der Waals surface area contributed by atoms with Crippen molar-refractivity contribution in [1.29, 1.82) is 0 Å². The topological polar surface area (TPSA) is 190 Å². The van der Waals surface area contributed by atoms with Crippen LogP contribution in [0.4, 0.5) is 0 Å². The molecule has 0 saturated heterocycles. The molecular weight excluding hydrogens is 985 g/mol. The minimum absolute atomic E-state index is 0.0280. The van der Waals surface area contributed by atoms with E-state index in [-0.39, 0.29) is 61.4 Å². The van der Waals surface area contributed by atoms with E-state index in [4.69, 9.17) is 23.7 Å². The lowest BCUT2D eigenvalue weighted by molar-refractivity contribution is -0.159. The molecule has 436 valence electrons. The van der Waals surface area contributed by atoms with Crippen LogP contribution in [0.2, 0.25) is 0 Å². The molecule has 2 unspecified atom stereocenters. The average molecular weight is 1090 g/mol. The number of hydrogen-bond donors (Lipinski definition) is 2. The largest absolute Gasteiger partial charge is 0.462 e. The Morgan fingerprint density at radius 1 is 0.526 bits per heavy atom.